The highest BCUT2D eigenvalue weighted by molar-refractivity contribution is 7.09. The van der Waals surface area contributed by atoms with E-state index in [4.69, 9.17) is 11.6 Å². The predicted octanol–water partition coefficient (Wildman–Crippen LogP) is 3.88. The zero-order valence-corrected chi connectivity index (χ0v) is 16.2. The molecule has 1 aliphatic heterocycles. The lowest BCUT2D eigenvalue weighted by Gasteiger charge is -2.34. The van der Waals surface area contributed by atoms with Gasteiger partial charge in [-0.15, -0.1) is 21.5 Å². The average Bonchev–Trinajstić information content (AvgIpc) is 3.08. The molecule has 0 radical (unpaired) electrons. The number of halogens is 1. The van der Waals surface area contributed by atoms with Crippen molar-refractivity contribution < 1.29 is 0 Å². The molecule has 1 fully saturated rings. The predicted molar refractivity (Wildman–Crippen MR) is 107 cm³/mol. The van der Waals surface area contributed by atoms with Crippen molar-refractivity contribution in [2.24, 2.45) is 0 Å². The Hall–Kier alpha value is -2.02. The van der Waals surface area contributed by atoms with Gasteiger partial charge in [-0.25, -0.2) is 4.98 Å². The molecular weight excluding hydrogens is 366 g/mol. The number of anilines is 1. The summed E-state index contributed by atoms with van der Waals surface area (Å²) in [5, 5.41) is 12.8. The molecule has 134 valence electrons. The number of thiazole rings is 1. The van der Waals surface area contributed by atoms with Crippen LogP contribution in [-0.2, 0) is 6.54 Å². The van der Waals surface area contributed by atoms with Gasteiger partial charge in [0.1, 0.15) is 0 Å². The summed E-state index contributed by atoms with van der Waals surface area (Å²) in [6.07, 6.45) is 0. The second kappa shape index (κ2) is 7.70. The van der Waals surface area contributed by atoms with Crippen molar-refractivity contribution in [3.8, 4) is 11.3 Å². The zero-order chi connectivity index (χ0) is 17.9. The van der Waals surface area contributed by atoms with Crippen molar-refractivity contribution in [2.45, 2.75) is 13.5 Å². The van der Waals surface area contributed by atoms with Gasteiger partial charge in [0, 0.05) is 48.7 Å². The number of benzene rings is 1. The Morgan fingerprint density at radius 2 is 1.77 bits per heavy atom. The van der Waals surface area contributed by atoms with Crippen LogP contribution in [0.1, 0.15) is 10.7 Å². The van der Waals surface area contributed by atoms with Crippen molar-refractivity contribution in [3.05, 3.63) is 57.5 Å². The van der Waals surface area contributed by atoms with E-state index < -0.39 is 0 Å². The van der Waals surface area contributed by atoms with Gasteiger partial charge in [0.2, 0.25) is 0 Å². The lowest BCUT2D eigenvalue weighted by atomic mass is 10.1. The maximum Gasteiger partial charge on any atom is 0.151 e. The van der Waals surface area contributed by atoms with Crippen molar-refractivity contribution in [3.63, 3.8) is 0 Å². The molecule has 0 amide bonds. The maximum atomic E-state index is 5.94. The SMILES string of the molecule is Cc1nc(CN2CCN(c3ccc(-c4ccc(Cl)cc4)nn3)CC2)cs1. The number of hydrogen-bond acceptors (Lipinski definition) is 6. The van der Waals surface area contributed by atoms with E-state index >= 15 is 0 Å². The smallest absolute Gasteiger partial charge is 0.151 e. The normalized spacial score (nSPS) is 15.4. The van der Waals surface area contributed by atoms with Crippen LogP contribution in [-0.4, -0.2) is 46.3 Å². The average molecular weight is 386 g/mol. The van der Waals surface area contributed by atoms with Gasteiger partial charge in [0.25, 0.3) is 0 Å². The minimum Gasteiger partial charge on any atom is -0.353 e. The highest BCUT2D eigenvalue weighted by Gasteiger charge is 2.19. The summed E-state index contributed by atoms with van der Waals surface area (Å²) in [5.74, 6) is 0.937. The number of nitrogens with zero attached hydrogens (tertiary/aromatic N) is 5. The Balaban J connectivity index is 1.36. The molecule has 1 aliphatic rings. The van der Waals surface area contributed by atoms with Gasteiger partial charge in [-0.2, -0.15) is 0 Å². The number of aromatic nitrogens is 3. The molecule has 2 aromatic heterocycles. The first-order valence-electron chi connectivity index (χ1n) is 8.65. The molecule has 3 heterocycles. The standard InChI is InChI=1S/C19H20ClN5S/c1-14-21-17(13-26-14)12-24-8-10-25(11-9-24)19-7-6-18(22-23-19)15-2-4-16(20)5-3-15/h2-7,13H,8-12H2,1H3. The van der Waals surface area contributed by atoms with E-state index in [-0.39, 0.29) is 0 Å². The van der Waals surface area contributed by atoms with Crippen molar-refractivity contribution in [1.82, 2.24) is 20.1 Å². The van der Waals surface area contributed by atoms with Crippen LogP contribution in [0.3, 0.4) is 0 Å². The van der Waals surface area contributed by atoms with Crippen LogP contribution in [0.5, 0.6) is 0 Å². The zero-order valence-electron chi connectivity index (χ0n) is 14.6. The summed E-state index contributed by atoms with van der Waals surface area (Å²) in [7, 11) is 0. The van der Waals surface area contributed by atoms with E-state index in [1.807, 2.05) is 30.3 Å². The Bertz CT molecular complexity index is 854. The largest absolute Gasteiger partial charge is 0.353 e. The number of piperazine rings is 1. The highest BCUT2D eigenvalue weighted by Crippen LogP contribution is 2.21. The molecule has 3 aromatic rings. The third kappa shape index (κ3) is 4.03. The molecule has 0 unspecified atom stereocenters. The quantitative estimate of drug-likeness (QED) is 0.681. The molecule has 1 aromatic carbocycles. The summed E-state index contributed by atoms with van der Waals surface area (Å²) in [6.45, 7) is 6.92. The summed E-state index contributed by atoms with van der Waals surface area (Å²) in [4.78, 5) is 9.30. The van der Waals surface area contributed by atoms with E-state index in [9.17, 15) is 0 Å². The third-order valence-corrected chi connectivity index (χ3v) is 5.61. The summed E-state index contributed by atoms with van der Waals surface area (Å²) in [5.41, 5.74) is 3.06. The minimum atomic E-state index is 0.726. The van der Waals surface area contributed by atoms with Crippen molar-refractivity contribution in [2.75, 3.05) is 31.1 Å². The maximum absolute atomic E-state index is 5.94. The Morgan fingerprint density at radius 3 is 2.38 bits per heavy atom. The number of aryl methyl sites for hydroxylation is 1. The van der Waals surface area contributed by atoms with Gasteiger partial charge in [0.05, 0.1) is 16.4 Å². The van der Waals surface area contributed by atoms with Crippen LogP contribution in [0.4, 0.5) is 5.82 Å². The summed E-state index contributed by atoms with van der Waals surface area (Å²) >= 11 is 7.66. The van der Waals surface area contributed by atoms with Crippen molar-refractivity contribution >= 4 is 28.8 Å². The number of hydrogen-bond donors (Lipinski definition) is 0. The van der Waals surface area contributed by atoms with Crippen LogP contribution in [0, 0.1) is 6.92 Å². The Kier molecular flexibility index (Phi) is 5.15. The third-order valence-electron chi connectivity index (χ3n) is 4.54. The van der Waals surface area contributed by atoms with Gasteiger partial charge >= 0.3 is 0 Å². The van der Waals surface area contributed by atoms with Gasteiger partial charge in [0.15, 0.2) is 5.82 Å². The van der Waals surface area contributed by atoms with Crippen molar-refractivity contribution in [1.29, 1.82) is 0 Å². The first-order chi connectivity index (χ1) is 12.7. The molecular formula is C19H20ClN5S. The molecule has 4 rings (SSSR count). The van der Waals surface area contributed by atoms with E-state index in [1.165, 1.54) is 5.69 Å². The van der Waals surface area contributed by atoms with Gasteiger partial charge < -0.3 is 4.90 Å². The fourth-order valence-corrected chi connectivity index (χ4v) is 3.84. The van der Waals surface area contributed by atoms with E-state index in [1.54, 1.807) is 11.3 Å². The minimum absolute atomic E-state index is 0.726. The van der Waals surface area contributed by atoms with Gasteiger partial charge in [-0.1, -0.05) is 23.7 Å². The molecule has 1 saturated heterocycles. The summed E-state index contributed by atoms with van der Waals surface area (Å²) < 4.78 is 0. The Labute approximate surface area is 162 Å². The Morgan fingerprint density at radius 1 is 1.00 bits per heavy atom. The molecule has 0 aliphatic carbocycles. The molecule has 0 spiro atoms. The molecule has 0 N–H and O–H groups in total. The van der Waals surface area contributed by atoms with E-state index in [2.05, 4.69) is 43.4 Å². The molecule has 0 atom stereocenters. The van der Waals surface area contributed by atoms with Gasteiger partial charge in [-0.05, 0) is 31.2 Å². The lowest BCUT2D eigenvalue weighted by Crippen LogP contribution is -2.46. The second-order valence-corrected chi connectivity index (χ2v) is 7.90. The topological polar surface area (TPSA) is 45.2 Å². The van der Waals surface area contributed by atoms with Crippen LogP contribution in [0.2, 0.25) is 5.02 Å². The molecule has 0 saturated carbocycles. The monoisotopic (exact) mass is 385 g/mol. The van der Waals surface area contributed by atoms with Crippen LogP contribution in [0.15, 0.2) is 41.8 Å². The molecule has 5 nitrogen and oxygen atoms in total. The van der Waals surface area contributed by atoms with Crippen LogP contribution < -0.4 is 4.90 Å². The first-order valence-corrected chi connectivity index (χ1v) is 9.91. The van der Waals surface area contributed by atoms with E-state index in [0.717, 1.165) is 59.8 Å². The second-order valence-electron chi connectivity index (χ2n) is 6.40. The fraction of sp³-hybridized carbons (Fsp3) is 0.316. The fourth-order valence-electron chi connectivity index (χ4n) is 3.11. The first kappa shape index (κ1) is 17.4. The van der Waals surface area contributed by atoms with Crippen LogP contribution in [0.25, 0.3) is 11.3 Å². The molecule has 26 heavy (non-hydrogen) atoms. The number of rotatable bonds is 4. The lowest BCUT2D eigenvalue weighted by molar-refractivity contribution is 0.247. The molecule has 7 heteroatoms. The van der Waals surface area contributed by atoms with Gasteiger partial charge in [-0.3, -0.25) is 4.90 Å². The molecule has 0 bridgehead atoms. The summed E-state index contributed by atoms with van der Waals surface area (Å²) in [6, 6.07) is 11.7. The van der Waals surface area contributed by atoms with E-state index in [0.29, 0.717) is 0 Å². The van der Waals surface area contributed by atoms with Crippen LogP contribution >= 0.6 is 22.9 Å². The highest BCUT2D eigenvalue weighted by atomic mass is 35.5.